The molecule has 0 amide bonds. The fourth-order valence-electron chi connectivity index (χ4n) is 7.96. The first-order valence-corrected chi connectivity index (χ1v) is 12.7. The van der Waals surface area contributed by atoms with Crippen molar-refractivity contribution < 1.29 is 33.4 Å². The van der Waals surface area contributed by atoms with Crippen LogP contribution in [0.25, 0.3) is 0 Å². The average molecular weight is 475 g/mol. The van der Waals surface area contributed by atoms with E-state index in [1.54, 1.807) is 0 Å². The number of esters is 3. The molecule has 0 radical (unpaired) electrons. The molecule has 188 valence electrons. The summed E-state index contributed by atoms with van der Waals surface area (Å²) >= 11 is 0. The monoisotopic (exact) mass is 474 g/mol. The van der Waals surface area contributed by atoms with Gasteiger partial charge in [-0.2, -0.15) is 0 Å². The highest BCUT2D eigenvalue weighted by Crippen LogP contribution is 2.66. The summed E-state index contributed by atoms with van der Waals surface area (Å²) in [6.07, 6.45) is 7.91. The van der Waals surface area contributed by atoms with Gasteiger partial charge < -0.3 is 14.2 Å². The van der Waals surface area contributed by atoms with Crippen LogP contribution in [0.5, 0.6) is 0 Å². The number of hydrogen-bond donors (Lipinski definition) is 0. The van der Waals surface area contributed by atoms with Crippen molar-refractivity contribution in [3.63, 3.8) is 0 Å². The van der Waals surface area contributed by atoms with Gasteiger partial charge in [0.2, 0.25) is 0 Å². The minimum Gasteiger partial charge on any atom is -0.463 e. The molecule has 7 heteroatoms. The van der Waals surface area contributed by atoms with Crippen molar-refractivity contribution >= 4 is 23.7 Å². The number of ether oxygens (including phenoxy) is 3. The molecule has 0 aromatic rings. The van der Waals surface area contributed by atoms with Gasteiger partial charge in [0.1, 0.15) is 18.8 Å². The molecule has 3 fully saturated rings. The minimum atomic E-state index is -0.581. The predicted octanol–water partition coefficient (Wildman–Crippen LogP) is 4.17. The maximum atomic E-state index is 13.1. The standard InChI is InChI=1S/C27H38O7/c1-15(28)32-14-24(31)22-9-8-21-20-7-6-18-12-19(33-16(2)29)10-11-26(18,4)23(20)13-25(27(21,22)5)34-17(3)30/h8,18-20,22-23,25H,6-7,9-14H2,1-5H3/t18-,19+,20?,22-,23?,25-,26+,27+/m1/s1. The van der Waals surface area contributed by atoms with E-state index in [1.165, 1.54) is 26.3 Å². The van der Waals surface area contributed by atoms with Gasteiger partial charge in [-0.25, -0.2) is 0 Å². The van der Waals surface area contributed by atoms with Gasteiger partial charge >= 0.3 is 17.9 Å². The van der Waals surface area contributed by atoms with Gasteiger partial charge in [-0.3, -0.25) is 19.2 Å². The summed E-state index contributed by atoms with van der Waals surface area (Å²) in [6.45, 7) is 8.40. The number of ketones is 1. The highest BCUT2D eigenvalue weighted by Gasteiger charge is 2.63. The number of carbonyl (C=O) groups excluding carboxylic acids is 4. The van der Waals surface area contributed by atoms with E-state index in [9.17, 15) is 19.2 Å². The fourth-order valence-corrected chi connectivity index (χ4v) is 7.96. The largest absolute Gasteiger partial charge is 0.463 e. The van der Waals surface area contributed by atoms with Crippen molar-refractivity contribution in [2.75, 3.05) is 6.61 Å². The molecular weight excluding hydrogens is 436 g/mol. The molecule has 4 aliphatic carbocycles. The Kier molecular flexibility index (Phi) is 6.69. The van der Waals surface area contributed by atoms with Crippen LogP contribution in [0, 0.1) is 34.5 Å². The van der Waals surface area contributed by atoms with Gasteiger partial charge in [0.05, 0.1) is 0 Å². The normalized spacial score (nSPS) is 40.7. The van der Waals surface area contributed by atoms with Crippen LogP contribution in [0.1, 0.15) is 79.6 Å². The van der Waals surface area contributed by atoms with Crippen LogP contribution in [0.3, 0.4) is 0 Å². The maximum absolute atomic E-state index is 13.1. The molecule has 2 unspecified atom stereocenters. The number of fused-ring (bicyclic) bond motifs is 5. The third-order valence-corrected chi connectivity index (χ3v) is 9.55. The van der Waals surface area contributed by atoms with Gasteiger partial charge in [0.25, 0.3) is 0 Å². The van der Waals surface area contributed by atoms with Gasteiger partial charge in [-0.05, 0) is 68.1 Å². The Labute approximate surface area is 202 Å². The van der Waals surface area contributed by atoms with Crippen molar-refractivity contribution in [3.05, 3.63) is 11.6 Å². The molecule has 0 aromatic heterocycles. The molecule has 8 atom stereocenters. The van der Waals surface area contributed by atoms with E-state index in [4.69, 9.17) is 14.2 Å². The van der Waals surface area contributed by atoms with Gasteiger partial charge in [0.15, 0.2) is 5.78 Å². The lowest BCUT2D eigenvalue weighted by molar-refractivity contribution is -0.172. The molecule has 0 aliphatic heterocycles. The van der Waals surface area contributed by atoms with Gasteiger partial charge in [-0.1, -0.05) is 25.5 Å². The van der Waals surface area contributed by atoms with E-state index in [0.29, 0.717) is 24.2 Å². The molecule has 0 aromatic carbocycles. The summed E-state index contributed by atoms with van der Waals surface area (Å²) in [4.78, 5) is 48.1. The molecule has 0 saturated heterocycles. The highest BCUT2D eigenvalue weighted by atomic mass is 16.5. The van der Waals surface area contributed by atoms with Crippen LogP contribution >= 0.6 is 0 Å². The Hall–Kier alpha value is -2.18. The second-order valence-electron chi connectivity index (χ2n) is 11.3. The molecule has 4 aliphatic rings. The fraction of sp³-hybridized carbons (Fsp3) is 0.778. The van der Waals surface area contributed by atoms with Crippen LogP contribution in [-0.4, -0.2) is 42.5 Å². The van der Waals surface area contributed by atoms with Crippen LogP contribution < -0.4 is 0 Å². The van der Waals surface area contributed by atoms with Crippen LogP contribution in [0.4, 0.5) is 0 Å². The third-order valence-electron chi connectivity index (χ3n) is 9.55. The Bertz CT molecular complexity index is 907. The van der Waals surface area contributed by atoms with E-state index in [2.05, 4.69) is 19.9 Å². The van der Waals surface area contributed by atoms with Crippen LogP contribution in [0.2, 0.25) is 0 Å². The number of hydrogen-bond acceptors (Lipinski definition) is 7. The van der Waals surface area contributed by atoms with Gasteiger partial charge in [0, 0.05) is 32.1 Å². The molecule has 7 nitrogen and oxygen atoms in total. The van der Waals surface area contributed by atoms with Crippen molar-refractivity contribution in [2.24, 2.45) is 34.5 Å². The lowest BCUT2D eigenvalue weighted by Gasteiger charge is -2.61. The Morgan fingerprint density at radius 3 is 2.29 bits per heavy atom. The second-order valence-corrected chi connectivity index (χ2v) is 11.3. The quantitative estimate of drug-likeness (QED) is 0.335. The van der Waals surface area contributed by atoms with E-state index < -0.39 is 17.5 Å². The van der Waals surface area contributed by atoms with E-state index in [1.807, 2.05) is 0 Å². The molecule has 4 rings (SSSR count). The van der Waals surface area contributed by atoms with E-state index in [-0.39, 0.29) is 41.8 Å². The number of Topliss-reactive ketones (excluding diaryl/α,β-unsaturated/α-hetero) is 1. The van der Waals surface area contributed by atoms with Crippen LogP contribution in [-0.2, 0) is 33.4 Å². The van der Waals surface area contributed by atoms with E-state index >= 15 is 0 Å². The Morgan fingerprint density at radius 2 is 1.65 bits per heavy atom. The van der Waals surface area contributed by atoms with Crippen molar-refractivity contribution in [3.8, 4) is 0 Å². The number of rotatable bonds is 5. The topological polar surface area (TPSA) is 96.0 Å². The number of allylic oxidation sites excluding steroid dienone is 1. The zero-order chi connectivity index (χ0) is 24.8. The minimum absolute atomic E-state index is 0.0146. The SMILES string of the molecule is CC(=O)OCC(=O)[C@H]1CC=C2C3CC[C@@H]4C[C@@H](OC(C)=O)CC[C@]4(C)C3C[C@@H](OC(C)=O)[C@@]21C. The summed E-state index contributed by atoms with van der Waals surface area (Å²) in [5.74, 6) is -0.355. The summed E-state index contributed by atoms with van der Waals surface area (Å²) in [6, 6.07) is 0. The molecule has 0 heterocycles. The lowest BCUT2D eigenvalue weighted by Crippen LogP contribution is -2.57. The molecule has 0 N–H and O–H groups in total. The highest BCUT2D eigenvalue weighted by molar-refractivity contribution is 5.86. The van der Waals surface area contributed by atoms with Crippen molar-refractivity contribution in [2.45, 2.75) is 91.8 Å². The molecule has 0 spiro atoms. The number of carbonyl (C=O) groups is 4. The maximum Gasteiger partial charge on any atom is 0.303 e. The molecular formula is C27H38O7. The third kappa shape index (κ3) is 4.20. The van der Waals surface area contributed by atoms with Crippen molar-refractivity contribution in [1.29, 1.82) is 0 Å². The van der Waals surface area contributed by atoms with Crippen LogP contribution in [0.15, 0.2) is 11.6 Å². The summed E-state index contributed by atoms with van der Waals surface area (Å²) in [5.41, 5.74) is 0.736. The molecule has 0 bridgehead atoms. The Morgan fingerprint density at radius 1 is 0.941 bits per heavy atom. The van der Waals surface area contributed by atoms with Crippen molar-refractivity contribution in [1.82, 2.24) is 0 Å². The smallest absolute Gasteiger partial charge is 0.303 e. The summed E-state index contributed by atoms with van der Waals surface area (Å²) in [7, 11) is 0. The molecule has 34 heavy (non-hydrogen) atoms. The lowest BCUT2D eigenvalue weighted by atomic mass is 9.45. The first-order valence-electron chi connectivity index (χ1n) is 12.7. The zero-order valence-corrected chi connectivity index (χ0v) is 21.1. The van der Waals surface area contributed by atoms with E-state index in [0.717, 1.165) is 38.5 Å². The predicted molar refractivity (Wildman–Crippen MR) is 123 cm³/mol. The van der Waals surface area contributed by atoms with Gasteiger partial charge in [-0.15, -0.1) is 0 Å². The first kappa shape index (κ1) is 24.9. The Balaban J connectivity index is 1.62. The average Bonchev–Trinajstić information content (AvgIpc) is 3.10. The second kappa shape index (κ2) is 9.12. The zero-order valence-electron chi connectivity index (χ0n) is 21.1. The molecule has 3 saturated carbocycles. The summed E-state index contributed by atoms with van der Waals surface area (Å²) in [5, 5.41) is 0. The first-order chi connectivity index (χ1) is 16.0. The summed E-state index contributed by atoms with van der Waals surface area (Å²) < 4.78 is 16.6.